The van der Waals surface area contributed by atoms with Crippen LogP contribution in [-0.2, 0) is 14.9 Å². The summed E-state index contributed by atoms with van der Waals surface area (Å²) in [6, 6.07) is 12.1. The molecule has 1 fully saturated rings. The first kappa shape index (κ1) is 26.1. The lowest BCUT2D eigenvalue weighted by atomic mass is 9.76. The fourth-order valence-corrected chi connectivity index (χ4v) is 4.90. The molecule has 0 aliphatic carbocycles. The third-order valence-corrected chi connectivity index (χ3v) is 6.97. The van der Waals surface area contributed by atoms with Crippen LogP contribution in [0, 0.1) is 6.92 Å². The minimum Gasteiger partial charge on any atom is -0.444 e. The lowest BCUT2D eigenvalue weighted by Gasteiger charge is -2.37. The van der Waals surface area contributed by atoms with Crippen LogP contribution in [0.2, 0.25) is 5.02 Å². The number of halogens is 1. The lowest BCUT2D eigenvalue weighted by Crippen LogP contribution is -2.41. The Hall–Kier alpha value is -2.53. The quantitative estimate of drug-likeness (QED) is 0.428. The van der Waals surface area contributed by atoms with E-state index in [2.05, 4.69) is 23.1 Å². The number of carbonyl (C=O) groups excluding carboxylic acids is 2. The third-order valence-electron chi connectivity index (χ3n) is 6.56. The fourth-order valence-electron chi connectivity index (χ4n) is 4.73. The van der Waals surface area contributed by atoms with Crippen LogP contribution in [0.3, 0.4) is 0 Å². The summed E-state index contributed by atoms with van der Waals surface area (Å²) in [5, 5.41) is 0.714. The van der Waals surface area contributed by atoms with Crippen molar-refractivity contribution in [3.63, 3.8) is 0 Å². The molecule has 1 aliphatic heterocycles. The summed E-state index contributed by atoms with van der Waals surface area (Å²) in [7, 11) is 2.02. The van der Waals surface area contributed by atoms with Gasteiger partial charge in [-0.05, 0) is 95.2 Å². The van der Waals surface area contributed by atoms with Crippen molar-refractivity contribution in [3.05, 3.63) is 58.1 Å². The van der Waals surface area contributed by atoms with Gasteiger partial charge in [-0.1, -0.05) is 29.8 Å². The van der Waals surface area contributed by atoms with Crippen molar-refractivity contribution in [2.24, 2.45) is 0 Å². The Labute approximate surface area is 209 Å². The van der Waals surface area contributed by atoms with Gasteiger partial charge in [0.2, 0.25) is 0 Å². The molecular formula is C28H37ClN2O3. The van der Waals surface area contributed by atoms with E-state index in [4.69, 9.17) is 16.3 Å². The van der Waals surface area contributed by atoms with Gasteiger partial charge in [-0.25, -0.2) is 4.79 Å². The number of benzene rings is 2. The van der Waals surface area contributed by atoms with Crippen molar-refractivity contribution in [3.8, 4) is 0 Å². The number of likely N-dealkylation sites (tertiary alicyclic amines) is 1. The smallest absolute Gasteiger partial charge is 0.410 e. The molecule has 0 saturated carbocycles. The largest absolute Gasteiger partial charge is 0.444 e. The summed E-state index contributed by atoms with van der Waals surface area (Å²) >= 11 is 6.41. The molecule has 0 unspecified atom stereocenters. The van der Waals surface area contributed by atoms with E-state index < -0.39 is 11.0 Å². The van der Waals surface area contributed by atoms with Crippen LogP contribution in [0.25, 0.3) is 0 Å². The first-order chi connectivity index (χ1) is 15.9. The maximum Gasteiger partial charge on any atom is 0.410 e. The summed E-state index contributed by atoms with van der Waals surface area (Å²) in [6.45, 7) is 12.9. The van der Waals surface area contributed by atoms with Crippen molar-refractivity contribution in [2.75, 3.05) is 25.0 Å². The van der Waals surface area contributed by atoms with Crippen LogP contribution in [0.15, 0.2) is 36.4 Å². The number of ether oxygens (including phenoxy) is 1. The first-order valence-electron chi connectivity index (χ1n) is 11.9. The van der Waals surface area contributed by atoms with E-state index in [1.54, 1.807) is 4.90 Å². The monoisotopic (exact) mass is 484 g/mol. The van der Waals surface area contributed by atoms with Crippen LogP contribution in [0.5, 0.6) is 0 Å². The Morgan fingerprint density at radius 3 is 2.24 bits per heavy atom. The van der Waals surface area contributed by atoms with E-state index in [0.717, 1.165) is 41.6 Å². The molecule has 0 radical (unpaired) electrons. The molecule has 6 heteroatoms. The van der Waals surface area contributed by atoms with Gasteiger partial charge in [-0.15, -0.1) is 0 Å². The van der Waals surface area contributed by atoms with Gasteiger partial charge in [0.25, 0.3) is 0 Å². The van der Waals surface area contributed by atoms with Gasteiger partial charge in [0, 0.05) is 41.9 Å². The second kappa shape index (κ2) is 9.99. The highest BCUT2D eigenvalue weighted by molar-refractivity contribution is 6.31. The van der Waals surface area contributed by atoms with Gasteiger partial charge in [-0.2, -0.15) is 0 Å². The predicted octanol–water partition coefficient (Wildman–Crippen LogP) is 7.01. The van der Waals surface area contributed by atoms with E-state index in [1.807, 2.05) is 66.8 Å². The van der Waals surface area contributed by atoms with Crippen molar-refractivity contribution in [2.45, 2.75) is 71.3 Å². The van der Waals surface area contributed by atoms with Crippen LogP contribution < -0.4 is 4.90 Å². The van der Waals surface area contributed by atoms with Crippen molar-refractivity contribution in [1.82, 2.24) is 4.90 Å². The molecule has 0 bridgehead atoms. The normalized spacial score (nSPS) is 15.2. The minimum atomic E-state index is -0.672. The zero-order valence-corrected chi connectivity index (χ0v) is 22.2. The van der Waals surface area contributed by atoms with E-state index in [0.29, 0.717) is 18.1 Å². The van der Waals surface area contributed by atoms with Crippen molar-refractivity contribution >= 4 is 35.4 Å². The summed E-state index contributed by atoms with van der Waals surface area (Å²) in [5.41, 5.74) is 4.02. The maximum atomic E-state index is 12.5. The van der Waals surface area contributed by atoms with Crippen molar-refractivity contribution < 1.29 is 14.3 Å². The van der Waals surface area contributed by atoms with E-state index in [-0.39, 0.29) is 12.0 Å². The summed E-state index contributed by atoms with van der Waals surface area (Å²) in [4.78, 5) is 28.7. The highest BCUT2D eigenvalue weighted by atomic mass is 35.5. The van der Waals surface area contributed by atoms with E-state index >= 15 is 0 Å². The Morgan fingerprint density at radius 1 is 1.06 bits per heavy atom. The molecule has 0 atom stereocenters. The van der Waals surface area contributed by atoms with Crippen LogP contribution in [0.4, 0.5) is 16.2 Å². The third kappa shape index (κ3) is 5.57. The number of carbonyl (C=O) groups is 2. The second-order valence-corrected chi connectivity index (χ2v) is 11.2. The van der Waals surface area contributed by atoms with Crippen LogP contribution in [-0.4, -0.2) is 43.0 Å². The van der Waals surface area contributed by atoms with Gasteiger partial charge >= 0.3 is 6.09 Å². The number of anilines is 2. The van der Waals surface area contributed by atoms with Gasteiger partial charge in [0.1, 0.15) is 11.9 Å². The fraction of sp³-hybridized carbons (Fsp3) is 0.500. The number of amides is 1. The molecule has 0 aromatic heterocycles. The van der Waals surface area contributed by atoms with E-state index in [9.17, 15) is 9.59 Å². The first-order valence-corrected chi connectivity index (χ1v) is 12.3. The number of rotatable bonds is 5. The standard InChI is InChI=1S/C28H37ClN2O3/c1-19-22(29)11-9-12-23(19)30(7)24-13-8-10-21(25(24)28(5,6)18-32)20-14-16-31(17-15-20)26(33)34-27(2,3)4/h8-13,18,20H,14-17H2,1-7H3. The molecule has 2 aromatic carbocycles. The Bertz CT molecular complexity index is 1050. The number of hydrogen-bond acceptors (Lipinski definition) is 4. The number of hydrogen-bond donors (Lipinski definition) is 0. The van der Waals surface area contributed by atoms with Crippen LogP contribution >= 0.6 is 11.6 Å². The molecule has 1 saturated heterocycles. The van der Waals surface area contributed by atoms with Gasteiger partial charge in [0.05, 0.1) is 0 Å². The number of aldehydes is 1. The zero-order valence-electron chi connectivity index (χ0n) is 21.4. The van der Waals surface area contributed by atoms with Gasteiger partial charge in [0.15, 0.2) is 0 Å². The molecule has 2 aromatic rings. The van der Waals surface area contributed by atoms with Crippen molar-refractivity contribution in [1.29, 1.82) is 0 Å². The number of piperidine rings is 1. The summed E-state index contributed by atoms with van der Waals surface area (Å²) in [6.07, 6.45) is 2.42. The highest BCUT2D eigenvalue weighted by Crippen LogP contribution is 2.43. The Balaban J connectivity index is 1.96. The van der Waals surface area contributed by atoms with Crippen LogP contribution in [0.1, 0.15) is 70.1 Å². The molecule has 184 valence electrons. The van der Waals surface area contributed by atoms with Gasteiger partial charge < -0.3 is 19.3 Å². The van der Waals surface area contributed by atoms with E-state index in [1.165, 1.54) is 5.56 Å². The molecule has 0 N–H and O–H groups in total. The molecule has 1 amide bonds. The topological polar surface area (TPSA) is 49.9 Å². The molecule has 0 spiro atoms. The Kier molecular flexibility index (Phi) is 7.66. The Morgan fingerprint density at radius 2 is 1.65 bits per heavy atom. The summed E-state index contributed by atoms with van der Waals surface area (Å²) < 4.78 is 5.56. The molecule has 5 nitrogen and oxygen atoms in total. The predicted molar refractivity (Wildman–Crippen MR) is 140 cm³/mol. The molecular weight excluding hydrogens is 448 g/mol. The lowest BCUT2D eigenvalue weighted by molar-refractivity contribution is -0.111. The molecule has 34 heavy (non-hydrogen) atoms. The average molecular weight is 485 g/mol. The second-order valence-electron chi connectivity index (χ2n) is 10.8. The van der Waals surface area contributed by atoms with Gasteiger partial charge in [-0.3, -0.25) is 0 Å². The molecule has 1 heterocycles. The summed E-state index contributed by atoms with van der Waals surface area (Å²) in [5.74, 6) is 0.252. The minimum absolute atomic E-state index is 0.252. The average Bonchev–Trinajstić information content (AvgIpc) is 2.79. The number of nitrogens with zero attached hydrogens (tertiary/aromatic N) is 2. The zero-order chi connectivity index (χ0) is 25.3. The maximum absolute atomic E-state index is 12.5. The highest BCUT2D eigenvalue weighted by Gasteiger charge is 2.34. The SMILES string of the molecule is Cc1c(Cl)cccc1N(C)c1cccc(C2CCN(C(=O)OC(C)(C)C)CC2)c1C(C)(C)C=O. The molecule has 1 aliphatic rings. The molecule has 3 rings (SSSR count).